The van der Waals surface area contributed by atoms with E-state index in [2.05, 4.69) is 5.10 Å². The molecule has 32 heavy (non-hydrogen) atoms. The fraction of sp³-hybridized carbons (Fsp3) is 0.360. The highest BCUT2D eigenvalue weighted by Crippen LogP contribution is 2.49. The molecular formula is C25H26FN3O3. The number of nitrogens with zero attached hydrogens (tertiary/aromatic N) is 3. The van der Waals surface area contributed by atoms with E-state index in [-0.39, 0.29) is 11.7 Å². The molecule has 2 aliphatic rings. The number of benzene rings is 2. The maximum atomic E-state index is 13.9. The lowest BCUT2D eigenvalue weighted by atomic mass is 9.81. The Hall–Kier alpha value is -3.19. The van der Waals surface area contributed by atoms with E-state index in [0.29, 0.717) is 42.8 Å². The van der Waals surface area contributed by atoms with E-state index in [1.165, 1.54) is 12.1 Å². The molecule has 1 aromatic heterocycles. The first kappa shape index (κ1) is 20.7. The van der Waals surface area contributed by atoms with Gasteiger partial charge in [0.05, 0.1) is 5.60 Å². The van der Waals surface area contributed by atoms with E-state index >= 15 is 0 Å². The van der Waals surface area contributed by atoms with Crippen LogP contribution in [0.5, 0.6) is 5.75 Å². The van der Waals surface area contributed by atoms with Gasteiger partial charge in [-0.25, -0.2) is 4.39 Å². The van der Waals surface area contributed by atoms with Gasteiger partial charge in [0, 0.05) is 55.9 Å². The van der Waals surface area contributed by atoms with Crippen LogP contribution in [0.25, 0.3) is 11.3 Å². The predicted octanol–water partition coefficient (Wildman–Crippen LogP) is 3.98. The Bertz CT molecular complexity index is 1190. The minimum absolute atomic E-state index is 0.0353. The molecule has 2 aliphatic heterocycles. The minimum atomic E-state index is -0.946. The summed E-state index contributed by atoms with van der Waals surface area (Å²) in [7, 11) is 1.85. The molecule has 0 radical (unpaired) electrons. The minimum Gasteiger partial charge on any atom is -0.482 e. The summed E-state index contributed by atoms with van der Waals surface area (Å²) in [5.41, 5.74) is 2.18. The van der Waals surface area contributed by atoms with Gasteiger partial charge in [0.15, 0.2) is 0 Å². The number of fused-ring (bicyclic) bond motifs is 4. The number of hydrogen-bond donors (Lipinski definition) is 1. The molecule has 1 amide bonds. The summed E-state index contributed by atoms with van der Waals surface area (Å²) in [6.45, 7) is 4.52. The van der Waals surface area contributed by atoms with Crippen molar-refractivity contribution >= 4 is 5.91 Å². The molecule has 1 N–H and O–H groups in total. The zero-order valence-corrected chi connectivity index (χ0v) is 18.4. The summed E-state index contributed by atoms with van der Waals surface area (Å²) >= 11 is 0. The lowest BCUT2D eigenvalue weighted by Gasteiger charge is -2.44. The average molecular weight is 435 g/mol. The van der Waals surface area contributed by atoms with Crippen molar-refractivity contribution in [3.05, 3.63) is 71.2 Å². The molecule has 7 heteroatoms. The Kier molecular flexibility index (Phi) is 4.64. The second kappa shape index (κ2) is 7.17. The maximum Gasteiger partial charge on any atom is 0.253 e. The Morgan fingerprint density at radius 2 is 1.84 bits per heavy atom. The van der Waals surface area contributed by atoms with Crippen LogP contribution in [0.2, 0.25) is 0 Å². The smallest absolute Gasteiger partial charge is 0.253 e. The fourth-order valence-corrected chi connectivity index (χ4v) is 4.71. The zero-order chi connectivity index (χ0) is 22.7. The normalized spacial score (nSPS) is 17.0. The highest BCUT2D eigenvalue weighted by atomic mass is 19.1. The summed E-state index contributed by atoms with van der Waals surface area (Å²) in [4.78, 5) is 14.9. The van der Waals surface area contributed by atoms with Gasteiger partial charge >= 0.3 is 0 Å². The lowest BCUT2D eigenvalue weighted by molar-refractivity contribution is -0.00174. The van der Waals surface area contributed by atoms with Crippen molar-refractivity contribution in [3.8, 4) is 17.0 Å². The van der Waals surface area contributed by atoms with Gasteiger partial charge in [0.25, 0.3) is 5.91 Å². The van der Waals surface area contributed by atoms with E-state index in [4.69, 9.17) is 4.74 Å². The fourth-order valence-electron chi connectivity index (χ4n) is 4.71. The molecule has 5 rings (SSSR count). The molecule has 1 saturated heterocycles. The van der Waals surface area contributed by atoms with E-state index in [9.17, 15) is 14.3 Å². The molecule has 0 atom stereocenters. The molecule has 1 fully saturated rings. The van der Waals surface area contributed by atoms with Gasteiger partial charge in [0.2, 0.25) is 0 Å². The second-order valence-electron chi connectivity index (χ2n) is 9.23. The Morgan fingerprint density at radius 1 is 1.16 bits per heavy atom. The second-order valence-corrected chi connectivity index (χ2v) is 9.23. The third-order valence-corrected chi connectivity index (χ3v) is 6.52. The van der Waals surface area contributed by atoms with Crippen LogP contribution < -0.4 is 4.74 Å². The van der Waals surface area contributed by atoms with Crippen LogP contribution in [0.1, 0.15) is 48.2 Å². The standard InChI is InChI=1S/C25H26FN3O3/c1-24(2,31)17-6-4-16(5-7-17)23(30)29-12-10-25(11-13-29)20-15-28(3)27-22(20)19-14-18(26)8-9-21(19)32-25/h4-9,14-15,31H,10-13H2,1-3H3. The van der Waals surface area contributed by atoms with Crippen molar-refractivity contribution in [2.24, 2.45) is 7.05 Å². The highest BCUT2D eigenvalue weighted by molar-refractivity contribution is 5.94. The number of hydrogen-bond acceptors (Lipinski definition) is 4. The maximum absolute atomic E-state index is 13.9. The van der Waals surface area contributed by atoms with Crippen LogP contribution in [-0.2, 0) is 18.2 Å². The Balaban J connectivity index is 1.38. The molecule has 2 aromatic carbocycles. The summed E-state index contributed by atoms with van der Waals surface area (Å²) < 4.78 is 22.1. The van der Waals surface area contributed by atoms with Crippen LogP contribution >= 0.6 is 0 Å². The number of likely N-dealkylation sites (tertiary alicyclic amines) is 1. The van der Waals surface area contributed by atoms with Gasteiger partial charge in [-0.1, -0.05) is 12.1 Å². The number of piperidine rings is 1. The zero-order valence-electron chi connectivity index (χ0n) is 18.4. The summed E-state index contributed by atoms with van der Waals surface area (Å²) in [6, 6.07) is 11.6. The van der Waals surface area contributed by atoms with Crippen LogP contribution in [0.15, 0.2) is 48.7 Å². The van der Waals surface area contributed by atoms with E-state index < -0.39 is 11.2 Å². The van der Waals surface area contributed by atoms with E-state index in [0.717, 1.165) is 16.8 Å². The van der Waals surface area contributed by atoms with Crippen molar-refractivity contribution in [2.45, 2.75) is 37.9 Å². The SMILES string of the molecule is Cn1cc2c(n1)-c1cc(F)ccc1OC21CCN(C(=O)c2ccc(C(C)(C)O)cc2)CC1. The summed E-state index contributed by atoms with van der Waals surface area (Å²) in [6.07, 6.45) is 3.18. The molecule has 0 bridgehead atoms. The number of aliphatic hydroxyl groups is 1. The molecule has 6 nitrogen and oxygen atoms in total. The number of aromatic nitrogens is 2. The molecule has 0 aliphatic carbocycles. The third kappa shape index (κ3) is 3.37. The van der Waals surface area contributed by atoms with Crippen LogP contribution in [0, 0.1) is 5.82 Å². The Labute approximate surface area is 186 Å². The monoisotopic (exact) mass is 435 g/mol. The first-order valence-corrected chi connectivity index (χ1v) is 10.8. The van der Waals surface area contributed by atoms with Gasteiger partial charge in [0.1, 0.15) is 22.9 Å². The number of rotatable bonds is 2. The number of amides is 1. The Morgan fingerprint density at radius 3 is 2.50 bits per heavy atom. The van der Waals surface area contributed by atoms with Crippen LogP contribution in [0.4, 0.5) is 4.39 Å². The largest absolute Gasteiger partial charge is 0.482 e. The van der Waals surface area contributed by atoms with Crippen LogP contribution in [-0.4, -0.2) is 38.8 Å². The van der Waals surface area contributed by atoms with Gasteiger partial charge < -0.3 is 14.7 Å². The van der Waals surface area contributed by atoms with E-state index in [1.807, 2.05) is 18.1 Å². The van der Waals surface area contributed by atoms with Crippen LogP contribution in [0.3, 0.4) is 0 Å². The highest BCUT2D eigenvalue weighted by Gasteiger charge is 2.46. The lowest BCUT2D eigenvalue weighted by Crippen LogP contribution is -2.49. The predicted molar refractivity (Wildman–Crippen MR) is 118 cm³/mol. The molecular weight excluding hydrogens is 409 g/mol. The molecule has 0 unspecified atom stereocenters. The molecule has 0 saturated carbocycles. The van der Waals surface area contributed by atoms with Crippen molar-refractivity contribution in [1.82, 2.24) is 14.7 Å². The summed E-state index contributed by atoms with van der Waals surface area (Å²) in [5, 5.41) is 14.7. The molecule has 3 aromatic rings. The van der Waals surface area contributed by atoms with Gasteiger partial charge in [-0.2, -0.15) is 5.10 Å². The number of carbonyl (C=O) groups is 1. The average Bonchev–Trinajstić information content (AvgIpc) is 3.17. The van der Waals surface area contributed by atoms with Gasteiger partial charge in [-0.05, 0) is 49.7 Å². The number of aryl methyl sites for hydroxylation is 1. The number of ether oxygens (including phenoxy) is 1. The first-order chi connectivity index (χ1) is 15.2. The number of halogens is 1. The molecule has 166 valence electrons. The van der Waals surface area contributed by atoms with Gasteiger partial charge in [-0.15, -0.1) is 0 Å². The summed E-state index contributed by atoms with van der Waals surface area (Å²) in [5.74, 6) is 0.266. The van der Waals surface area contributed by atoms with E-state index in [1.54, 1.807) is 48.9 Å². The quantitative estimate of drug-likeness (QED) is 0.661. The molecule has 3 heterocycles. The van der Waals surface area contributed by atoms with Gasteiger partial charge in [-0.3, -0.25) is 9.48 Å². The first-order valence-electron chi connectivity index (χ1n) is 10.8. The van der Waals surface area contributed by atoms with Crippen molar-refractivity contribution < 1.29 is 19.0 Å². The molecule has 1 spiro atoms. The van der Waals surface area contributed by atoms with Crippen molar-refractivity contribution in [3.63, 3.8) is 0 Å². The topological polar surface area (TPSA) is 67.6 Å². The number of carbonyl (C=O) groups excluding carboxylic acids is 1. The van der Waals surface area contributed by atoms with Crippen molar-refractivity contribution in [2.75, 3.05) is 13.1 Å². The van der Waals surface area contributed by atoms with Crippen molar-refractivity contribution in [1.29, 1.82) is 0 Å². The third-order valence-electron chi connectivity index (χ3n) is 6.52.